The van der Waals surface area contributed by atoms with Crippen molar-refractivity contribution in [2.24, 2.45) is 0 Å². The molecule has 0 atom stereocenters. The van der Waals surface area contributed by atoms with Crippen LogP contribution in [0.25, 0.3) is 103 Å². The van der Waals surface area contributed by atoms with Crippen LogP contribution in [0.4, 0.5) is 5.69 Å². The fraction of sp³-hybridized carbons (Fsp3) is 0.0556. The molecule has 4 nitrogen and oxygen atoms in total. The van der Waals surface area contributed by atoms with Crippen LogP contribution in [0.15, 0.2) is 206 Å². The van der Waals surface area contributed by atoms with Gasteiger partial charge in [0.15, 0.2) is 5.69 Å². The van der Waals surface area contributed by atoms with Gasteiger partial charge in [0.05, 0.1) is 45.8 Å². The highest BCUT2D eigenvalue weighted by atomic mass is 14.9. The Hall–Kier alpha value is -10.0. The van der Waals surface area contributed by atoms with E-state index < -0.39 is 0 Å². The molecule has 4 bridgehead atoms. The van der Waals surface area contributed by atoms with Gasteiger partial charge in [-0.1, -0.05) is 158 Å². The second-order valence-electron chi connectivity index (χ2n) is 21.9. The molecule has 6 aliphatic rings. The average molecular weight is 959 g/mol. The van der Waals surface area contributed by atoms with Gasteiger partial charge in [-0.25, -0.2) is 4.85 Å². The topological polar surface area (TPSA) is 37.0 Å². The van der Waals surface area contributed by atoms with E-state index in [9.17, 15) is 5.26 Å². The smallest absolute Gasteiger partial charge is 0.193 e. The summed E-state index contributed by atoms with van der Waals surface area (Å²) in [5, 5.41) is 21.0. The Morgan fingerprint density at radius 2 is 0.697 bits per heavy atom. The number of hydrogen-bond acceptors (Lipinski definition) is 1. The largest absolute Gasteiger partial charge is 0.309 e. The molecule has 21 rings (SSSR count). The summed E-state index contributed by atoms with van der Waals surface area (Å²) in [6.07, 6.45) is 0. The molecule has 4 aromatic heterocycles. The number of hydrogen-bond donors (Lipinski definition) is 0. The van der Waals surface area contributed by atoms with Crippen molar-refractivity contribution in [3.05, 3.63) is 290 Å². The van der Waals surface area contributed by atoms with Crippen LogP contribution in [0.2, 0.25) is 0 Å². The van der Waals surface area contributed by atoms with Crippen molar-refractivity contribution in [3.63, 3.8) is 0 Å². The molecule has 0 unspecified atom stereocenters. The average Bonchev–Trinajstić information content (AvgIpc) is 4.39. The molecule has 4 heterocycles. The van der Waals surface area contributed by atoms with Crippen LogP contribution in [-0.4, -0.2) is 8.80 Å². The van der Waals surface area contributed by atoms with Crippen molar-refractivity contribution in [3.8, 4) is 28.3 Å². The van der Waals surface area contributed by atoms with Crippen molar-refractivity contribution in [2.45, 2.75) is 23.7 Å². The highest BCUT2D eigenvalue weighted by molar-refractivity contribution is 6.31. The Bertz CT molecular complexity index is 4850. The van der Waals surface area contributed by atoms with Crippen molar-refractivity contribution >= 4 is 81.9 Å². The summed E-state index contributed by atoms with van der Waals surface area (Å²) in [7, 11) is 0. The van der Waals surface area contributed by atoms with Crippen LogP contribution in [0, 0.1) is 17.9 Å². The molecule has 0 N–H and O–H groups in total. The maximum atomic E-state index is 11.4. The number of fused-ring (bicyclic) bond motifs is 12. The predicted molar refractivity (Wildman–Crippen MR) is 307 cm³/mol. The summed E-state index contributed by atoms with van der Waals surface area (Å²) in [5.74, 6) is -0.0720. The predicted octanol–water partition coefficient (Wildman–Crippen LogP) is 17.7. The first-order valence-corrected chi connectivity index (χ1v) is 26.5. The number of nitriles is 1. The fourth-order valence-electron chi connectivity index (χ4n) is 16.0. The third kappa shape index (κ3) is 4.48. The summed E-state index contributed by atoms with van der Waals surface area (Å²) in [5.41, 5.74) is 28.5. The Morgan fingerprint density at radius 1 is 0.342 bits per heavy atom. The molecule has 4 heteroatoms. The van der Waals surface area contributed by atoms with Gasteiger partial charge < -0.3 is 8.80 Å². The lowest BCUT2D eigenvalue weighted by Gasteiger charge is -2.43. The molecule has 0 amide bonds. The third-order valence-electron chi connectivity index (χ3n) is 18.7. The van der Waals surface area contributed by atoms with Crippen molar-refractivity contribution in [1.29, 1.82) is 5.26 Å². The van der Waals surface area contributed by atoms with Gasteiger partial charge in [-0.15, -0.1) is 0 Å². The molecule has 0 saturated heterocycles. The Morgan fingerprint density at radius 3 is 1.11 bits per heavy atom. The van der Waals surface area contributed by atoms with E-state index in [0.717, 1.165) is 44.4 Å². The minimum absolute atomic E-state index is 0.00666. The monoisotopic (exact) mass is 958 g/mol. The molecule has 0 fully saturated rings. The van der Waals surface area contributed by atoms with E-state index in [1.807, 2.05) is 0 Å². The van der Waals surface area contributed by atoms with E-state index >= 15 is 0 Å². The summed E-state index contributed by atoms with van der Waals surface area (Å²) in [4.78, 5) is 4.45. The highest BCUT2D eigenvalue weighted by Crippen LogP contribution is 2.63. The first kappa shape index (κ1) is 39.5. The van der Waals surface area contributed by atoms with Gasteiger partial charge in [-0.05, 0) is 138 Å². The number of nitrogens with zero attached hydrogens (tertiary/aromatic N) is 4. The van der Waals surface area contributed by atoms with Crippen LogP contribution in [-0.2, 0) is 0 Å². The first-order valence-electron chi connectivity index (χ1n) is 26.5. The van der Waals surface area contributed by atoms with Crippen LogP contribution < -0.4 is 0 Å². The van der Waals surface area contributed by atoms with Crippen LogP contribution in [0.3, 0.4) is 0 Å². The Kier molecular flexibility index (Phi) is 7.06. The first-order chi connectivity index (χ1) is 37.7. The fourth-order valence-corrected chi connectivity index (χ4v) is 16.0. The van der Waals surface area contributed by atoms with E-state index in [1.165, 1.54) is 132 Å². The third-order valence-corrected chi connectivity index (χ3v) is 18.7. The Labute approximate surface area is 435 Å². The minimum atomic E-state index is -0.0299. The summed E-state index contributed by atoms with van der Waals surface area (Å²) in [6.45, 7) is 8.93. The van der Waals surface area contributed by atoms with E-state index in [0.29, 0.717) is 0 Å². The number of rotatable bonds is 2. The molecule has 6 aliphatic carbocycles. The lowest BCUT2D eigenvalue weighted by atomic mass is 9.59. The van der Waals surface area contributed by atoms with Crippen molar-refractivity contribution in [2.75, 3.05) is 0 Å². The summed E-state index contributed by atoms with van der Waals surface area (Å²) < 4.78 is 5.02. The molecule has 0 spiro atoms. The maximum absolute atomic E-state index is 11.4. The SMILES string of the molecule is [C-]#[N+]c1cc2c(c3c1C1c4ccccc4C3c3ccccc31)c1cc(-c3ccccc3)cc3c4cc5c(cc4n2c31)c1cc(-c2ccccc2)cc2c3c4c(c(C#N)cc3n5c12)C1c2ccccc2C4c2ccccc21. The molecular formula is C72H38N4. The Balaban J connectivity index is 0.989. The zero-order valence-electron chi connectivity index (χ0n) is 40.7. The second-order valence-corrected chi connectivity index (χ2v) is 21.9. The molecule has 11 aromatic carbocycles. The molecule has 15 aromatic rings. The molecule has 0 aliphatic heterocycles. The lowest BCUT2D eigenvalue weighted by molar-refractivity contribution is 0.759. The van der Waals surface area contributed by atoms with Gasteiger partial charge in [0.1, 0.15) is 0 Å². The van der Waals surface area contributed by atoms with Crippen LogP contribution in [0.5, 0.6) is 0 Å². The minimum Gasteiger partial charge on any atom is -0.309 e. The van der Waals surface area contributed by atoms with Gasteiger partial charge in [0, 0.05) is 72.3 Å². The van der Waals surface area contributed by atoms with Crippen molar-refractivity contribution in [1.82, 2.24) is 8.80 Å². The van der Waals surface area contributed by atoms with E-state index in [4.69, 9.17) is 6.57 Å². The van der Waals surface area contributed by atoms with Gasteiger partial charge in [0.25, 0.3) is 0 Å². The maximum Gasteiger partial charge on any atom is 0.193 e. The quantitative estimate of drug-likeness (QED) is 0.159. The van der Waals surface area contributed by atoms with Gasteiger partial charge in [0.2, 0.25) is 0 Å². The standard InChI is InChI=1S/C72H38N4/c1-74-56-35-60-67(70-65-48-26-14-10-22-44(48)63(68(56)70)45-23-11-15-27-49(45)65)55-31-40(38-18-6-3-7-19-38)29-53-51-33-57-50(34-58(51)76(60)72(53)55)52-28-39(37-16-4-2-5-17-37)30-54-66-59(75(57)71(52)54)32-41(36-73)61-62-42-20-8-12-24-46(42)64(69(61)66)47-25-13-9-21-43(47)62/h2-35,62-65H. The number of aromatic nitrogens is 2. The molecule has 0 radical (unpaired) electrons. The molecular weight excluding hydrogens is 921 g/mol. The van der Waals surface area contributed by atoms with E-state index in [2.05, 4.69) is 226 Å². The lowest BCUT2D eigenvalue weighted by Crippen LogP contribution is -2.28. The second kappa shape index (κ2) is 13.6. The van der Waals surface area contributed by atoms with E-state index in [1.54, 1.807) is 0 Å². The molecule has 0 saturated carbocycles. The highest BCUT2D eigenvalue weighted by Gasteiger charge is 2.46. The summed E-state index contributed by atoms with van der Waals surface area (Å²) >= 11 is 0. The normalized spacial score (nSPS) is 17.4. The zero-order chi connectivity index (χ0) is 49.4. The summed E-state index contributed by atoms with van der Waals surface area (Å²) in [6, 6.07) is 79.4. The van der Waals surface area contributed by atoms with Gasteiger partial charge >= 0.3 is 0 Å². The van der Waals surface area contributed by atoms with Crippen LogP contribution >= 0.6 is 0 Å². The van der Waals surface area contributed by atoms with Gasteiger partial charge in [-0.2, -0.15) is 5.26 Å². The van der Waals surface area contributed by atoms with Gasteiger partial charge in [-0.3, -0.25) is 0 Å². The zero-order valence-corrected chi connectivity index (χ0v) is 40.7. The van der Waals surface area contributed by atoms with Crippen molar-refractivity contribution < 1.29 is 0 Å². The molecule has 76 heavy (non-hydrogen) atoms. The van der Waals surface area contributed by atoms with Crippen LogP contribution in [0.1, 0.15) is 96.0 Å². The molecule has 346 valence electrons. The number of benzene rings is 11. The van der Waals surface area contributed by atoms with E-state index in [-0.39, 0.29) is 23.7 Å².